The fourth-order valence-corrected chi connectivity index (χ4v) is 5.38. The maximum absolute atomic E-state index is 12.7. The first kappa shape index (κ1) is 25.6. The van der Waals surface area contributed by atoms with Crippen LogP contribution in [0.2, 0.25) is 0 Å². The van der Waals surface area contributed by atoms with Crippen molar-refractivity contribution in [3.8, 4) is 22.8 Å². The molecule has 0 unspecified atom stereocenters. The molecule has 5 rings (SSSR count). The molecule has 0 saturated carbocycles. The molecular weight excluding hydrogens is 522 g/mol. The van der Waals surface area contributed by atoms with Crippen LogP contribution < -0.4 is 10.1 Å². The fourth-order valence-electron chi connectivity index (χ4n) is 4.00. The number of nitrogens with one attached hydrogen (secondary N) is 2. The topological polar surface area (TPSA) is 119 Å². The van der Waals surface area contributed by atoms with Crippen LogP contribution in [-0.4, -0.2) is 52.7 Å². The number of amides is 1. The summed E-state index contributed by atoms with van der Waals surface area (Å²) >= 11 is 1.25. The molecule has 0 fully saturated rings. The molecule has 9 nitrogen and oxygen atoms in total. The van der Waals surface area contributed by atoms with E-state index in [1.165, 1.54) is 23.9 Å². The summed E-state index contributed by atoms with van der Waals surface area (Å²) in [7, 11) is -3.31. The van der Waals surface area contributed by atoms with Crippen molar-refractivity contribution in [2.45, 2.75) is 17.0 Å². The summed E-state index contributed by atoms with van der Waals surface area (Å²) in [5.74, 6) is 1.23. The summed E-state index contributed by atoms with van der Waals surface area (Å²) in [6.07, 6.45) is 3.04. The third-order valence-electron chi connectivity index (χ3n) is 5.77. The van der Waals surface area contributed by atoms with E-state index in [1.807, 2.05) is 66.2 Å². The number of fused-ring (bicyclic) bond motifs is 1. The van der Waals surface area contributed by atoms with Gasteiger partial charge in [0.25, 0.3) is 0 Å². The van der Waals surface area contributed by atoms with Gasteiger partial charge in [0, 0.05) is 40.3 Å². The van der Waals surface area contributed by atoms with Gasteiger partial charge in [-0.25, -0.2) is 8.42 Å². The largest absolute Gasteiger partial charge is 0.494 e. The minimum absolute atomic E-state index is 0.0802. The first-order chi connectivity index (χ1) is 18.3. The van der Waals surface area contributed by atoms with Gasteiger partial charge in [0.1, 0.15) is 5.75 Å². The molecule has 0 bridgehead atoms. The number of aromatic nitrogens is 4. The lowest BCUT2D eigenvalue weighted by molar-refractivity contribution is -0.113. The number of aromatic amines is 1. The second-order valence-electron chi connectivity index (χ2n) is 8.45. The van der Waals surface area contributed by atoms with E-state index in [4.69, 9.17) is 4.74 Å². The van der Waals surface area contributed by atoms with Gasteiger partial charge >= 0.3 is 0 Å². The molecular formula is C27H25N5O4S2. The monoisotopic (exact) mass is 547 g/mol. The van der Waals surface area contributed by atoms with Crippen molar-refractivity contribution in [3.05, 3.63) is 79.0 Å². The fraction of sp³-hybridized carbons (Fsp3) is 0.148. The van der Waals surface area contributed by atoms with Crippen molar-refractivity contribution in [2.75, 3.05) is 23.9 Å². The number of benzene rings is 3. The number of carbonyl (C=O) groups is 1. The molecule has 1 amide bonds. The Morgan fingerprint density at radius 1 is 1.03 bits per heavy atom. The first-order valence-corrected chi connectivity index (χ1v) is 14.7. The number of nitrogens with zero attached hydrogens (tertiary/aromatic N) is 3. The van der Waals surface area contributed by atoms with E-state index in [9.17, 15) is 13.2 Å². The molecule has 2 aromatic heterocycles. The van der Waals surface area contributed by atoms with Crippen LogP contribution in [0.15, 0.2) is 89.0 Å². The lowest BCUT2D eigenvalue weighted by atomic mass is 10.1. The Kier molecular flexibility index (Phi) is 7.21. The van der Waals surface area contributed by atoms with Crippen LogP contribution in [0.5, 0.6) is 5.75 Å². The molecule has 0 aliphatic carbocycles. The van der Waals surface area contributed by atoms with Crippen LogP contribution in [0.4, 0.5) is 5.69 Å². The molecule has 194 valence electrons. The number of carbonyl (C=O) groups excluding carboxylic acids is 1. The van der Waals surface area contributed by atoms with Gasteiger partial charge in [0.15, 0.2) is 20.8 Å². The smallest absolute Gasteiger partial charge is 0.234 e. The number of sulfone groups is 1. The molecule has 11 heteroatoms. The second-order valence-corrected chi connectivity index (χ2v) is 11.4. The Morgan fingerprint density at radius 3 is 2.47 bits per heavy atom. The molecule has 0 aliphatic rings. The Labute approximate surface area is 224 Å². The van der Waals surface area contributed by atoms with E-state index >= 15 is 0 Å². The molecule has 0 spiro atoms. The predicted molar refractivity (Wildman–Crippen MR) is 149 cm³/mol. The minimum Gasteiger partial charge on any atom is -0.494 e. The number of para-hydroxylation sites is 1. The van der Waals surface area contributed by atoms with E-state index in [0.29, 0.717) is 23.3 Å². The molecule has 0 aliphatic heterocycles. The zero-order chi connectivity index (χ0) is 26.7. The predicted octanol–water partition coefficient (Wildman–Crippen LogP) is 4.95. The van der Waals surface area contributed by atoms with Gasteiger partial charge in [0.2, 0.25) is 5.91 Å². The average molecular weight is 548 g/mol. The highest BCUT2D eigenvalue weighted by molar-refractivity contribution is 7.99. The quantitative estimate of drug-likeness (QED) is 0.251. The van der Waals surface area contributed by atoms with Crippen molar-refractivity contribution < 1.29 is 17.9 Å². The third-order valence-corrected chi connectivity index (χ3v) is 7.83. The second kappa shape index (κ2) is 10.7. The molecule has 0 radical (unpaired) electrons. The maximum Gasteiger partial charge on any atom is 0.234 e. The molecule has 2 heterocycles. The SMILES string of the molecule is CCOc1ccc(-n2c(SCC(=O)Nc3ccc(S(C)(=O)=O)cc3)nnc2-c2c[nH]c3ccccc23)cc1. The van der Waals surface area contributed by atoms with E-state index in [1.54, 1.807) is 12.1 Å². The summed E-state index contributed by atoms with van der Waals surface area (Å²) in [5, 5.41) is 13.3. The third kappa shape index (κ3) is 5.43. The van der Waals surface area contributed by atoms with Gasteiger partial charge in [0.05, 0.1) is 17.3 Å². The van der Waals surface area contributed by atoms with E-state index in [2.05, 4.69) is 20.5 Å². The zero-order valence-electron chi connectivity index (χ0n) is 20.7. The normalized spacial score (nSPS) is 11.5. The van der Waals surface area contributed by atoms with Gasteiger partial charge in [-0.3, -0.25) is 9.36 Å². The summed E-state index contributed by atoms with van der Waals surface area (Å²) in [6, 6.07) is 21.7. The number of hydrogen-bond acceptors (Lipinski definition) is 7. The van der Waals surface area contributed by atoms with E-state index in [0.717, 1.165) is 34.2 Å². The molecule has 38 heavy (non-hydrogen) atoms. The number of rotatable bonds is 9. The summed E-state index contributed by atoms with van der Waals surface area (Å²) < 4.78 is 30.9. The Bertz CT molecular complexity index is 1690. The molecule has 0 atom stereocenters. The molecule has 2 N–H and O–H groups in total. The summed E-state index contributed by atoms with van der Waals surface area (Å²) in [4.78, 5) is 16.2. The van der Waals surface area contributed by atoms with Crippen molar-refractivity contribution >= 4 is 44.1 Å². The minimum atomic E-state index is -3.31. The van der Waals surface area contributed by atoms with Crippen LogP contribution in [0.1, 0.15) is 6.92 Å². The first-order valence-electron chi connectivity index (χ1n) is 11.8. The summed E-state index contributed by atoms with van der Waals surface area (Å²) in [5.41, 5.74) is 3.22. The van der Waals surface area contributed by atoms with E-state index < -0.39 is 9.84 Å². The number of thioether (sulfide) groups is 1. The number of H-pyrrole nitrogens is 1. The highest BCUT2D eigenvalue weighted by atomic mass is 32.2. The van der Waals surface area contributed by atoms with Gasteiger partial charge in [-0.15, -0.1) is 10.2 Å². The summed E-state index contributed by atoms with van der Waals surface area (Å²) in [6.45, 7) is 2.50. The highest BCUT2D eigenvalue weighted by Crippen LogP contribution is 2.33. The van der Waals surface area contributed by atoms with Gasteiger partial charge in [-0.2, -0.15) is 0 Å². The van der Waals surface area contributed by atoms with Crippen molar-refractivity contribution in [1.29, 1.82) is 0 Å². The standard InChI is InChI=1S/C27H25N5O4S2/c1-3-36-20-12-10-19(11-13-20)32-26(23-16-28-24-7-5-4-6-22(23)24)30-31-27(32)37-17-25(33)29-18-8-14-21(15-9-18)38(2,34)35/h4-16,28H,3,17H2,1-2H3,(H,29,33). The number of anilines is 1. The Morgan fingerprint density at radius 2 is 1.76 bits per heavy atom. The highest BCUT2D eigenvalue weighted by Gasteiger charge is 2.20. The Balaban J connectivity index is 1.42. The van der Waals surface area contributed by atoms with Crippen molar-refractivity contribution in [3.63, 3.8) is 0 Å². The number of hydrogen-bond donors (Lipinski definition) is 2. The lowest BCUT2D eigenvalue weighted by Crippen LogP contribution is -2.14. The maximum atomic E-state index is 12.7. The Hall–Kier alpha value is -4.09. The van der Waals surface area contributed by atoms with Gasteiger partial charge in [-0.1, -0.05) is 30.0 Å². The molecule has 3 aromatic carbocycles. The lowest BCUT2D eigenvalue weighted by Gasteiger charge is -2.11. The van der Waals surface area contributed by atoms with Crippen molar-refractivity contribution in [1.82, 2.24) is 19.7 Å². The van der Waals surface area contributed by atoms with E-state index in [-0.39, 0.29) is 16.6 Å². The van der Waals surface area contributed by atoms with Crippen LogP contribution in [0.25, 0.3) is 28.0 Å². The zero-order valence-corrected chi connectivity index (χ0v) is 22.3. The van der Waals surface area contributed by atoms with Crippen LogP contribution in [0.3, 0.4) is 0 Å². The van der Waals surface area contributed by atoms with Gasteiger partial charge in [-0.05, 0) is 61.5 Å². The van der Waals surface area contributed by atoms with Crippen LogP contribution in [0, 0.1) is 0 Å². The van der Waals surface area contributed by atoms with Gasteiger partial charge < -0.3 is 15.0 Å². The van der Waals surface area contributed by atoms with Crippen molar-refractivity contribution in [2.24, 2.45) is 0 Å². The number of ether oxygens (including phenoxy) is 1. The average Bonchev–Trinajstić information content (AvgIpc) is 3.52. The molecule has 5 aromatic rings. The van der Waals surface area contributed by atoms with Crippen LogP contribution in [-0.2, 0) is 14.6 Å². The van der Waals surface area contributed by atoms with Crippen LogP contribution >= 0.6 is 11.8 Å². The molecule has 0 saturated heterocycles.